The summed E-state index contributed by atoms with van der Waals surface area (Å²) in [7, 11) is 0. The Balaban J connectivity index is 0.00000118. The Kier molecular flexibility index (Phi) is 18.5. The summed E-state index contributed by atoms with van der Waals surface area (Å²) in [4.78, 5) is 21.2. The molecule has 2 N–H and O–H groups in total. The number of unbranched alkanes of at least 4 members (excludes halogenated alkanes) is 2. The van der Waals surface area contributed by atoms with Gasteiger partial charge in [-0.15, -0.1) is 0 Å². The van der Waals surface area contributed by atoms with Crippen molar-refractivity contribution in [1.29, 1.82) is 0 Å². The summed E-state index contributed by atoms with van der Waals surface area (Å²) in [6.07, 6.45) is 5.27. The van der Waals surface area contributed by atoms with Crippen LogP contribution >= 0.6 is 0 Å². The number of nitrogens with two attached hydrogens (primary N) is 1. The number of esters is 1. The Bertz CT molecular complexity index is 786. The molecule has 2 rings (SSSR count). The summed E-state index contributed by atoms with van der Waals surface area (Å²) < 4.78 is 28.0. The maximum Gasteiger partial charge on any atom is 0.323 e. The maximum atomic E-state index is 12.9. The zero-order chi connectivity index (χ0) is 25.6. The third-order valence-electron chi connectivity index (χ3n) is 4.33. The van der Waals surface area contributed by atoms with Gasteiger partial charge in [0, 0.05) is 0 Å². The lowest BCUT2D eigenvalue weighted by Crippen LogP contribution is -2.32. The highest BCUT2D eigenvalue weighted by Gasteiger charge is 2.14. The van der Waals surface area contributed by atoms with Crippen LogP contribution in [-0.2, 0) is 32.3 Å². The number of carbonyl (C=O) groups excluding carboxylic acids is 2. The molecule has 1 unspecified atom stereocenters. The summed E-state index contributed by atoms with van der Waals surface area (Å²) in [5.74, 6) is 0.0659. The van der Waals surface area contributed by atoms with Gasteiger partial charge in [-0.1, -0.05) is 77.0 Å². The molecule has 34 heavy (non-hydrogen) atoms. The van der Waals surface area contributed by atoms with Gasteiger partial charge in [-0.05, 0) is 41.8 Å². The van der Waals surface area contributed by atoms with Crippen molar-refractivity contribution < 1.29 is 28.2 Å². The zero-order valence-electron chi connectivity index (χ0n) is 20.5. The van der Waals surface area contributed by atoms with E-state index in [9.17, 15) is 14.0 Å². The fourth-order valence-corrected chi connectivity index (χ4v) is 2.53. The molecule has 0 saturated carbocycles. The van der Waals surface area contributed by atoms with E-state index in [1.54, 1.807) is 12.1 Å². The van der Waals surface area contributed by atoms with Gasteiger partial charge in [-0.25, -0.2) is 4.39 Å². The predicted octanol–water partition coefficient (Wildman–Crippen LogP) is 5.73. The van der Waals surface area contributed by atoms with Crippen molar-refractivity contribution in [3.05, 3.63) is 78.1 Å². The van der Waals surface area contributed by atoms with Gasteiger partial charge in [0.1, 0.15) is 37.4 Å². The Morgan fingerprint density at radius 2 is 1.62 bits per heavy atom. The van der Waals surface area contributed by atoms with E-state index in [0.717, 1.165) is 30.4 Å². The van der Waals surface area contributed by atoms with E-state index >= 15 is 0 Å². The number of hydrogen-bond donors (Lipinski definition) is 1. The first-order valence-electron chi connectivity index (χ1n) is 11.5. The Hall–Kier alpha value is -3.19. The number of hydrogen-bond acceptors (Lipinski definition) is 6. The molecule has 0 fully saturated rings. The lowest BCUT2D eigenvalue weighted by atomic mass is 10.1. The molecule has 2 aromatic carbocycles. The number of rotatable bonds is 13. The van der Waals surface area contributed by atoms with Crippen LogP contribution in [0.25, 0.3) is 0 Å². The first-order valence-corrected chi connectivity index (χ1v) is 11.5. The highest BCUT2D eigenvalue weighted by Crippen LogP contribution is 2.15. The minimum absolute atomic E-state index is 0.193. The molecule has 188 valence electrons. The highest BCUT2D eigenvalue weighted by atomic mass is 19.1. The molecule has 0 amide bonds. The number of benzene rings is 2. The van der Waals surface area contributed by atoms with Crippen LogP contribution in [0.3, 0.4) is 0 Å². The molecule has 0 spiro atoms. The van der Waals surface area contributed by atoms with Gasteiger partial charge in [0.15, 0.2) is 0 Å². The van der Waals surface area contributed by atoms with Gasteiger partial charge >= 0.3 is 5.97 Å². The number of ether oxygens (including phenoxy) is 3. The molecule has 0 aliphatic rings. The van der Waals surface area contributed by atoms with E-state index < -0.39 is 6.04 Å². The molecule has 6 nitrogen and oxygen atoms in total. The molecule has 0 saturated heterocycles. The molecule has 1 atom stereocenters. The summed E-state index contributed by atoms with van der Waals surface area (Å²) in [6.45, 7) is 10.7. The van der Waals surface area contributed by atoms with Crippen LogP contribution in [-0.4, -0.2) is 25.1 Å². The fourth-order valence-electron chi connectivity index (χ4n) is 2.53. The van der Waals surface area contributed by atoms with Gasteiger partial charge in [-0.2, -0.15) is 0 Å². The van der Waals surface area contributed by atoms with E-state index in [-0.39, 0.29) is 18.4 Å². The van der Waals surface area contributed by atoms with Crippen LogP contribution < -0.4 is 10.5 Å². The highest BCUT2D eigenvalue weighted by molar-refractivity contribution is 5.75. The van der Waals surface area contributed by atoms with E-state index in [1.165, 1.54) is 18.2 Å². The molecule has 2 aromatic rings. The van der Waals surface area contributed by atoms with Crippen molar-refractivity contribution in [2.24, 2.45) is 5.73 Å². The third kappa shape index (κ3) is 14.8. The monoisotopic (exact) mass is 475 g/mol. The summed E-state index contributed by atoms with van der Waals surface area (Å²) >= 11 is 0. The second-order valence-corrected chi connectivity index (χ2v) is 6.99. The largest absolute Gasteiger partial charge is 0.489 e. The van der Waals surface area contributed by atoms with Crippen LogP contribution in [0.15, 0.2) is 61.2 Å². The van der Waals surface area contributed by atoms with Crippen LogP contribution in [0.5, 0.6) is 5.75 Å². The topological polar surface area (TPSA) is 87.9 Å². The molecule has 0 radical (unpaired) electrons. The normalized spacial score (nSPS) is 10.4. The Morgan fingerprint density at radius 3 is 2.15 bits per heavy atom. The van der Waals surface area contributed by atoms with Crippen molar-refractivity contribution in [2.75, 3.05) is 6.61 Å². The average Bonchev–Trinajstić information content (AvgIpc) is 2.88. The van der Waals surface area contributed by atoms with Gasteiger partial charge in [0.25, 0.3) is 6.47 Å². The Morgan fingerprint density at radius 1 is 1.03 bits per heavy atom. The van der Waals surface area contributed by atoms with Crippen molar-refractivity contribution >= 4 is 12.4 Å². The van der Waals surface area contributed by atoms with Crippen molar-refractivity contribution in [3.63, 3.8) is 0 Å². The van der Waals surface area contributed by atoms with E-state index in [2.05, 4.69) is 18.2 Å². The number of halogens is 1. The smallest absolute Gasteiger partial charge is 0.323 e. The standard InChI is InChI=1S/C21H26FNO3.C4H6O2.C2H6/c1-2-3-4-5-20(23)21(24)26-15-17-8-12-19(13-9-17)25-14-16-6-10-18(22)11-7-16;1-2-3-6-4-5;1-2/h6-13,20H,2-5,14-15,23H2,1H3;2,4H,1,3H2;1-2H3. The molecular formula is C27H38FNO5. The summed E-state index contributed by atoms with van der Waals surface area (Å²) in [5, 5.41) is 0. The van der Waals surface area contributed by atoms with Gasteiger partial charge < -0.3 is 19.9 Å². The van der Waals surface area contributed by atoms with Crippen molar-refractivity contribution in [3.8, 4) is 5.75 Å². The number of carbonyl (C=O) groups is 2. The Labute approximate surface area is 202 Å². The SMILES string of the molecule is C=CCOC=O.CC.CCCCCC(N)C(=O)OCc1ccc(OCc2ccc(F)cc2)cc1. The lowest BCUT2D eigenvalue weighted by Gasteiger charge is -2.12. The van der Waals surface area contributed by atoms with Crippen LogP contribution in [0.2, 0.25) is 0 Å². The first-order chi connectivity index (χ1) is 16.5. The second-order valence-electron chi connectivity index (χ2n) is 6.99. The molecule has 0 aromatic heterocycles. The minimum Gasteiger partial charge on any atom is -0.489 e. The first kappa shape index (κ1) is 30.8. The van der Waals surface area contributed by atoms with Gasteiger partial charge in [0.2, 0.25) is 0 Å². The zero-order valence-corrected chi connectivity index (χ0v) is 20.5. The average molecular weight is 476 g/mol. The molecule has 0 aliphatic carbocycles. The lowest BCUT2D eigenvalue weighted by molar-refractivity contribution is -0.146. The van der Waals surface area contributed by atoms with E-state index in [1.807, 2.05) is 38.1 Å². The molecule has 7 heteroatoms. The predicted molar refractivity (Wildman–Crippen MR) is 133 cm³/mol. The summed E-state index contributed by atoms with van der Waals surface area (Å²) in [5.41, 5.74) is 7.59. The van der Waals surface area contributed by atoms with Crippen molar-refractivity contribution in [2.45, 2.75) is 65.7 Å². The van der Waals surface area contributed by atoms with Gasteiger partial charge in [-0.3, -0.25) is 9.59 Å². The fraction of sp³-hybridized carbons (Fsp3) is 0.407. The molecule has 0 aliphatic heterocycles. The maximum absolute atomic E-state index is 12.9. The van der Waals surface area contributed by atoms with E-state index in [0.29, 0.717) is 31.9 Å². The molecular weight excluding hydrogens is 437 g/mol. The minimum atomic E-state index is -0.556. The third-order valence-corrected chi connectivity index (χ3v) is 4.33. The quantitative estimate of drug-likeness (QED) is 0.172. The van der Waals surface area contributed by atoms with Crippen molar-refractivity contribution in [1.82, 2.24) is 0 Å². The van der Waals surface area contributed by atoms with Gasteiger partial charge in [0.05, 0.1) is 0 Å². The van der Waals surface area contributed by atoms with Crippen LogP contribution in [0.4, 0.5) is 4.39 Å². The van der Waals surface area contributed by atoms with Crippen LogP contribution in [0.1, 0.15) is 57.6 Å². The second kappa shape index (κ2) is 20.4. The van der Waals surface area contributed by atoms with E-state index in [4.69, 9.17) is 15.2 Å². The van der Waals surface area contributed by atoms with Crippen LogP contribution in [0, 0.1) is 5.82 Å². The summed E-state index contributed by atoms with van der Waals surface area (Å²) in [6, 6.07) is 12.9. The molecule has 0 bridgehead atoms. The molecule has 0 heterocycles.